The van der Waals surface area contributed by atoms with Crippen LogP contribution < -0.4 is 4.90 Å². The van der Waals surface area contributed by atoms with E-state index in [0.717, 1.165) is 43.1 Å². The molecule has 1 fully saturated rings. The molecule has 4 rings (SSSR count). The average Bonchev–Trinajstić information content (AvgIpc) is 3.02. The van der Waals surface area contributed by atoms with E-state index < -0.39 is 0 Å². The topological polar surface area (TPSA) is 43.2 Å². The first kappa shape index (κ1) is 15.1. The monoisotopic (exact) mass is 322 g/mol. The summed E-state index contributed by atoms with van der Waals surface area (Å²) in [5, 5.41) is 5.48. The fourth-order valence-corrected chi connectivity index (χ4v) is 3.35. The number of aromatic nitrogens is 3. The van der Waals surface area contributed by atoms with Crippen LogP contribution in [0.4, 0.5) is 5.69 Å². The molecule has 3 aromatic rings. The van der Waals surface area contributed by atoms with Crippen LogP contribution in [0, 0.1) is 13.8 Å². The van der Waals surface area contributed by atoms with Crippen LogP contribution in [0.3, 0.4) is 0 Å². The molecule has 0 radical (unpaired) electrons. The van der Waals surface area contributed by atoms with E-state index in [1.165, 1.54) is 22.2 Å². The first-order chi connectivity index (χ1) is 11.6. The second-order valence-electron chi connectivity index (χ2n) is 6.49. The molecule has 1 saturated heterocycles. The van der Waals surface area contributed by atoms with Gasteiger partial charge in [0.2, 0.25) is 0 Å². The van der Waals surface area contributed by atoms with Crippen molar-refractivity contribution in [2.75, 3.05) is 31.2 Å². The predicted molar refractivity (Wildman–Crippen MR) is 96.5 cm³/mol. The molecule has 0 N–H and O–H groups in total. The van der Waals surface area contributed by atoms with Gasteiger partial charge in [0.25, 0.3) is 0 Å². The van der Waals surface area contributed by atoms with E-state index in [4.69, 9.17) is 9.72 Å². The van der Waals surface area contributed by atoms with Crippen LogP contribution in [0.5, 0.6) is 0 Å². The summed E-state index contributed by atoms with van der Waals surface area (Å²) in [4.78, 5) is 7.30. The molecular weight excluding hydrogens is 300 g/mol. The van der Waals surface area contributed by atoms with Crippen molar-refractivity contribution >= 4 is 16.6 Å². The average molecular weight is 322 g/mol. The van der Waals surface area contributed by atoms with Crippen LogP contribution in [0.1, 0.15) is 11.1 Å². The number of hydrogen-bond acceptors (Lipinski definition) is 4. The number of pyridine rings is 1. The number of ether oxygens (including phenoxy) is 1. The van der Waals surface area contributed by atoms with Gasteiger partial charge < -0.3 is 9.64 Å². The zero-order valence-corrected chi connectivity index (χ0v) is 14.4. The van der Waals surface area contributed by atoms with Crippen LogP contribution in [0.2, 0.25) is 0 Å². The Labute approximate surface area is 141 Å². The van der Waals surface area contributed by atoms with Crippen molar-refractivity contribution in [3.8, 4) is 11.3 Å². The Morgan fingerprint density at radius 3 is 2.54 bits per heavy atom. The number of rotatable bonds is 2. The maximum absolute atomic E-state index is 5.47. The summed E-state index contributed by atoms with van der Waals surface area (Å²) in [6.45, 7) is 7.80. The van der Waals surface area contributed by atoms with Gasteiger partial charge in [-0.1, -0.05) is 0 Å². The van der Waals surface area contributed by atoms with E-state index in [1.54, 1.807) is 0 Å². The lowest BCUT2D eigenvalue weighted by Crippen LogP contribution is -2.36. The Morgan fingerprint density at radius 1 is 1.04 bits per heavy atom. The molecule has 0 unspecified atom stereocenters. The van der Waals surface area contributed by atoms with Crippen molar-refractivity contribution in [3.05, 3.63) is 41.7 Å². The normalized spacial score (nSPS) is 15.2. The number of morpholine rings is 1. The van der Waals surface area contributed by atoms with Crippen molar-refractivity contribution < 1.29 is 4.74 Å². The van der Waals surface area contributed by atoms with Crippen molar-refractivity contribution in [3.63, 3.8) is 0 Å². The molecule has 5 nitrogen and oxygen atoms in total. The largest absolute Gasteiger partial charge is 0.378 e. The maximum atomic E-state index is 5.47. The molecule has 0 bridgehead atoms. The molecule has 5 heteroatoms. The molecule has 1 aliphatic rings. The lowest BCUT2D eigenvalue weighted by atomic mass is 10.0. The van der Waals surface area contributed by atoms with Crippen LogP contribution in [-0.2, 0) is 11.8 Å². The SMILES string of the molecule is Cc1cc(-c2cnn(C)c2)nc2c(C)cc(N3CCOCC3)cc12. The van der Waals surface area contributed by atoms with Gasteiger partial charge in [-0.3, -0.25) is 4.68 Å². The molecule has 3 heterocycles. The van der Waals surface area contributed by atoms with E-state index in [0.29, 0.717) is 0 Å². The van der Waals surface area contributed by atoms with Crippen LogP contribution in [0.15, 0.2) is 30.6 Å². The van der Waals surface area contributed by atoms with Gasteiger partial charge in [0.05, 0.1) is 30.6 Å². The number of hydrogen-bond donors (Lipinski definition) is 0. The Kier molecular flexibility index (Phi) is 3.73. The van der Waals surface area contributed by atoms with E-state index in [2.05, 4.69) is 42.0 Å². The third-order valence-electron chi connectivity index (χ3n) is 4.67. The predicted octanol–water partition coefficient (Wildman–Crippen LogP) is 3.09. The van der Waals surface area contributed by atoms with Gasteiger partial charge >= 0.3 is 0 Å². The smallest absolute Gasteiger partial charge is 0.0744 e. The van der Waals surface area contributed by atoms with E-state index in [-0.39, 0.29) is 0 Å². The third-order valence-corrected chi connectivity index (χ3v) is 4.67. The fraction of sp³-hybridized carbons (Fsp3) is 0.368. The molecule has 0 atom stereocenters. The van der Waals surface area contributed by atoms with Gasteiger partial charge in [0, 0.05) is 43.0 Å². The summed E-state index contributed by atoms with van der Waals surface area (Å²) < 4.78 is 7.28. The van der Waals surface area contributed by atoms with Crippen LogP contribution in [0.25, 0.3) is 22.2 Å². The number of benzene rings is 1. The summed E-state index contributed by atoms with van der Waals surface area (Å²) in [6, 6.07) is 6.66. The third kappa shape index (κ3) is 2.65. The molecule has 24 heavy (non-hydrogen) atoms. The van der Waals surface area contributed by atoms with Gasteiger partial charge in [-0.15, -0.1) is 0 Å². The quantitative estimate of drug-likeness (QED) is 0.727. The zero-order chi connectivity index (χ0) is 16.7. The molecule has 0 amide bonds. The Hall–Kier alpha value is -2.40. The first-order valence-electron chi connectivity index (χ1n) is 8.35. The minimum atomic E-state index is 0.800. The lowest BCUT2D eigenvalue weighted by molar-refractivity contribution is 0.122. The molecular formula is C19H22N4O. The van der Waals surface area contributed by atoms with E-state index in [1.807, 2.05) is 24.1 Å². The van der Waals surface area contributed by atoms with Gasteiger partial charge in [0.1, 0.15) is 0 Å². The number of aryl methyl sites for hydroxylation is 3. The van der Waals surface area contributed by atoms with Gasteiger partial charge in [0.15, 0.2) is 0 Å². The summed E-state index contributed by atoms with van der Waals surface area (Å²) in [5.74, 6) is 0. The number of fused-ring (bicyclic) bond motifs is 1. The van der Waals surface area contributed by atoms with Crippen molar-refractivity contribution in [1.29, 1.82) is 0 Å². The van der Waals surface area contributed by atoms with Crippen molar-refractivity contribution in [2.45, 2.75) is 13.8 Å². The first-order valence-corrected chi connectivity index (χ1v) is 8.35. The second kappa shape index (κ2) is 5.91. The van der Waals surface area contributed by atoms with Crippen molar-refractivity contribution in [2.24, 2.45) is 7.05 Å². The zero-order valence-electron chi connectivity index (χ0n) is 14.4. The summed E-state index contributed by atoms with van der Waals surface area (Å²) >= 11 is 0. The lowest BCUT2D eigenvalue weighted by Gasteiger charge is -2.29. The highest BCUT2D eigenvalue weighted by Gasteiger charge is 2.15. The Bertz CT molecular complexity index is 894. The highest BCUT2D eigenvalue weighted by Crippen LogP contribution is 2.30. The molecule has 124 valence electrons. The highest BCUT2D eigenvalue weighted by molar-refractivity contribution is 5.90. The minimum Gasteiger partial charge on any atom is -0.378 e. The van der Waals surface area contributed by atoms with Crippen LogP contribution >= 0.6 is 0 Å². The molecule has 2 aromatic heterocycles. The minimum absolute atomic E-state index is 0.800. The number of anilines is 1. The maximum Gasteiger partial charge on any atom is 0.0744 e. The molecule has 0 saturated carbocycles. The van der Waals surface area contributed by atoms with Crippen LogP contribution in [-0.4, -0.2) is 41.1 Å². The Balaban J connectivity index is 1.82. The summed E-state index contributed by atoms with van der Waals surface area (Å²) in [6.07, 6.45) is 3.87. The standard InChI is InChI=1S/C19H22N4O/c1-13-9-18(15-11-20-22(3)12-15)21-19-14(2)8-16(10-17(13)19)23-4-6-24-7-5-23/h8-12H,4-7H2,1-3H3. The van der Waals surface area contributed by atoms with Gasteiger partial charge in [-0.05, 0) is 43.2 Å². The fourth-order valence-electron chi connectivity index (χ4n) is 3.35. The molecule has 1 aromatic carbocycles. The van der Waals surface area contributed by atoms with E-state index >= 15 is 0 Å². The van der Waals surface area contributed by atoms with E-state index in [9.17, 15) is 0 Å². The summed E-state index contributed by atoms with van der Waals surface area (Å²) in [7, 11) is 1.93. The highest BCUT2D eigenvalue weighted by atomic mass is 16.5. The second-order valence-corrected chi connectivity index (χ2v) is 6.49. The molecule has 1 aliphatic heterocycles. The Morgan fingerprint density at radius 2 is 1.83 bits per heavy atom. The number of nitrogens with zero attached hydrogens (tertiary/aromatic N) is 4. The van der Waals surface area contributed by atoms with Gasteiger partial charge in [-0.2, -0.15) is 5.10 Å². The summed E-state index contributed by atoms with van der Waals surface area (Å²) in [5.41, 5.74) is 6.84. The van der Waals surface area contributed by atoms with Gasteiger partial charge in [-0.25, -0.2) is 4.98 Å². The van der Waals surface area contributed by atoms with Crippen molar-refractivity contribution in [1.82, 2.24) is 14.8 Å². The molecule has 0 spiro atoms. The molecule has 0 aliphatic carbocycles.